The topological polar surface area (TPSA) is 66.4 Å². The van der Waals surface area contributed by atoms with Gasteiger partial charge in [-0.05, 0) is 18.8 Å². The van der Waals surface area contributed by atoms with E-state index in [1.54, 1.807) is 0 Å². The molecule has 4 nitrogen and oxygen atoms in total. The van der Waals surface area contributed by atoms with Crippen LogP contribution in [0.15, 0.2) is 0 Å². The number of amides is 1. The fourth-order valence-corrected chi connectivity index (χ4v) is 1.16. The molecule has 0 rings (SSSR count). The highest BCUT2D eigenvalue weighted by Crippen LogP contribution is 2.09. The van der Waals surface area contributed by atoms with Crippen molar-refractivity contribution in [2.24, 2.45) is 11.8 Å². The molecule has 1 unspecified atom stereocenters. The largest absolute Gasteiger partial charge is 0.481 e. The minimum Gasteiger partial charge on any atom is -0.481 e. The highest BCUT2D eigenvalue weighted by molar-refractivity contribution is 5.77. The van der Waals surface area contributed by atoms with E-state index in [0.717, 1.165) is 6.42 Å². The molecule has 0 radical (unpaired) electrons. The molecule has 0 aromatic carbocycles. The summed E-state index contributed by atoms with van der Waals surface area (Å²) in [5, 5.41) is 11.3. The molecule has 0 bridgehead atoms. The van der Waals surface area contributed by atoms with Crippen LogP contribution in [0.4, 0.5) is 0 Å². The van der Waals surface area contributed by atoms with Gasteiger partial charge in [-0.3, -0.25) is 9.59 Å². The quantitative estimate of drug-likeness (QED) is 0.678. The summed E-state index contributed by atoms with van der Waals surface area (Å²) in [5.41, 5.74) is 0. The van der Waals surface area contributed by atoms with Gasteiger partial charge in [0.05, 0.1) is 0 Å². The van der Waals surface area contributed by atoms with E-state index in [-0.39, 0.29) is 18.2 Å². The summed E-state index contributed by atoms with van der Waals surface area (Å²) in [7, 11) is 0. The maximum absolute atomic E-state index is 11.2. The summed E-state index contributed by atoms with van der Waals surface area (Å²) >= 11 is 0. The number of hydrogen-bond acceptors (Lipinski definition) is 2. The van der Waals surface area contributed by atoms with Crippen LogP contribution in [0.2, 0.25) is 0 Å². The van der Waals surface area contributed by atoms with Crippen molar-refractivity contribution < 1.29 is 14.7 Å². The molecule has 0 aliphatic heterocycles. The van der Waals surface area contributed by atoms with E-state index in [2.05, 4.69) is 5.32 Å². The van der Waals surface area contributed by atoms with E-state index in [1.807, 2.05) is 20.8 Å². The fourth-order valence-electron chi connectivity index (χ4n) is 1.16. The fraction of sp³-hybridized carbons (Fsp3) is 0.818. The monoisotopic (exact) mass is 215 g/mol. The van der Waals surface area contributed by atoms with Crippen LogP contribution in [0, 0.1) is 11.8 Å². The Hall–Kier alpha value is -1.06. The third-order valence-corrected chi connectivity index (χ3v) is 2.31. The van der Waals surface area contributed by atoms with E-state index >= 15 is 0 Å². The van der Waals surface area contributed by atoms with Crippen LogP contribution < -0.4 is 5.32 Å². The molecule has 1 amide bonds. The lowest BCUT2D eigenvalue weighted by Gasteiger charge is -2.11. The summed E-state index contributed by atoms with van der Waals surface area (Å²) in [6.45, 7) is 6.34. The normalized spacial score (nSPS) is 12.5. The van der Waals surface area contributed by atoms with Gasteiger partial charge in [0, 0.05) is 18.9 Å². The van der Waals surface area contributed by atoms with Crippen molar-refractivity contribution in [3.63, 3.8) is 0 Å². The van der Waals surface area contributed by atoms with E-state index in [4.69, 9.17) is 5.11 Å². The molecule has 0 aromatic heterocycles. The molecule has 0 aliphatic carbocycles. The standard InChI is InChI=1S/C11H21NO3/c1-8(2)11(15)12-7-6-9(3)4-5-10(13)14/h8-9H,4-7H2,1-3H3,(H,12,15)(H,13,14). The molecule has 0 heterocycles. The molecule has 0 saturated carbocycles. The summed E-state index contributed by atoms with van der Waals surface area (Å²) in [6.07, 6.45) is 1.72. The SMILES string of the molecule is CC(CCNC(=O)C(C)C)CCC(=O)O. The van der Waals surface area contributed by atoms with Crippen molar-refractivity contribution in [2.45, 2.75) is 40.0 Å². The Balaban J connectivity index is 3.50. The van der Waals surface area contributed by atoms with Crippen LogP contribution >= 0.6 is 0 Å². The summed E-state index contributed by atoms with van der Waals surface area (Å²) in [6, 6.07) is 0. The Bertz CT molecular complexity index is 214. The Morgan fingerprint density at radius 3 is 2.27 bits per heavy atom. The van der Waals surface area contributed by atoms with Crippen LogP contribution in [-0.2, 0) is 9.59 Å². The van der Waals surface area contributed by atoms with Crippen molar-refractivity contribution in [1.82, 2.24) is 5.32 Å². The van der Waals surface area contributed by atoms with Gasteiger partial charge >= 0.3 is 5.97 Å². The maximum Gasteiger partial charge on any atom is 0.303 e. The molecule has 15 heavy (non-hydrogen) atoms. The average molecular weight is 215 g/mol. The van der Waals surface area contributed by atoms with Gasteiger partial charge in [0.15, 0.2) is 0 Å². The van der Waals surface area contributed by atoms with Crippen molar-refractivity contribution >= 4 is 11.9 Å². The lowest BCUT2D eigenvalue weighted by Crippen LogP contribution is -2.29. The summed E-state index contributed by atoms with van der Waals surface area (Å²) < 4.78 is 0. The third kappa shape index (κ3) is 7.97. The highest BCUT2D eigenvalue weighted by atomic mass is 16.4. The molecule has 4 heteroatoms. The Morgan fingerprint density at radius 2 is 1.80 bits per heavy atom. The van der Waals surface area contributed by atoms with Crippen molar-refractivity contribution in [3.8, 4) is 0 Å². The minimum atomic E-state index is -0.756. The van der Waals surface area contributed by atoms with Gasteiger partial charge < -0.3 is 10.4 Å². The number of carbonyl (C=O) groups is 2. The third-order valence-electron chi connectivity index (χ3n) is 2.31. The first kappa shape index (κ1) is 13.9. The lowest BCUT2D eigenvalue weighted by molar-refractivity contribution is -0.137. The Labute approximate surface area is 91.1 Å². The molecule has 2 N–H and O–H groups in total. The number of carboxylic acid groups (broad SMARTS) is 1. The molecule has 0 aromatic rings. The molecule has 0 spiro atoms. The Kier molecular flexibility index (Phi) is 6.75. The highest BCUT2D eigenvalue weighted by Gasteiger charge is 2.08. The predicted octanol–water partition coefficient (Wildman–Crippen LogP) is 1.65. The zero-order valence-electron chi connectivity index (χ0n) is 9.75. The summed E-state index contributed by atoms with van der Waals surface area (Å²) in [5.74, 6) is -0.346. The molecule has 0 aliphatic rings. The van der Waals surface area contributed by atoms with Crippen LogP contribution in [0.25, 0.3) is 0 Å². The number of carbonyl (C=O) groups excluding carboxylic acids is 1. The first-order valence-electron chi connectivity index (χ1n) is 5.43. The van der Waals surface area contributed by atoms with Crippen LogP contribution in [-0.4, -0.2) is 23.5 Å². The second-order valence-corrected chi connectivity index (χ2v) is 4.27. The smallest absolute Gasteiger partial charge is 0.303 e. The first-order chi connectivity index (χ1) is 6.93. The van der Waals surface area contributed by atoms with E-state index in [0.29, 0.717) is 18.9 Å². The molecule has 1 atom stereocenters. The van der Waals surface area contributed by atoms with E-state index in [1.165, 1.54) is 0 Å². The van der Waals surface area contributed by atoms with Crippen molar-refractivity contribution in [3.05, 3.63) is 0 Å². The second kappa shape index (κ2) is 7.26. The van der Waals surface area contributed by atoms with Gasteiger partial charge in [-0.25, -0.2) is 0 Å². The first-order valence-corrected chi connectivity index (χ1v) is 5.43. The van der Waals surface area contributed by atoms with Gasteiger partial charge in [0.1, 0.15) is 0 Å². The molecular formula is C11H21NO3. The number of rotatable bonds is 7. The van der Waals surface area contributed by atoms with Crippen LogP contribution in [0.3, 0.4) is 0 Å². The summed E-state index contributed by atoms with van der Waals surface area (Å²) in [4.78, 5) is 21.5. The molecule has 0 saturated heterocycles. The maximum atomic E-state index is 11.2. The molecular weight excluding hydrogens is 194 g/mol. The van der Waals surface area contributed by atoms with Crippen molar-refractivity contribution in [1.29, 1.82) is 0 Å². The van der Waals surface area contributed by atoms with Crippen LogP contribution in [0.1, 0.15) is 40.0 Å². The van der Waals surface area contributed by atoms with Gasteiger partial charge in [-0.1, -0.05) is 20.8 Å². The van der Waals surface area contributed by atoms with Gasteiger partial charge in [-0.15, -0.1) is 0 Å². The average Bonchev–Trinajstić information content (AvgIpc) is 2.14. The second-order valence-electron chi connectivity index (χ2n) is 4.27. The van der Waals surface area contributed by atoms with Crippen LogP contribution in [0.5, 0.6) is 0 Å². The zero-order chi connectivity index (χ0) is 11.8. The zero-order valence-corrected chi connectivity index (χ0v) is 9.75. The molecule has 88 valence electrons. The lowest BCUT2D eigenvalue weighted by atomic mass is 10.0. The number of nitrogens with one attached hydrogen (secondary N) is 1. The van der Waals surface area contributed by atoms with Gasteiger partial charge in [-0.2, -0.15) is 0 Å². The predicted molar refractivity (Wildman–Crippen MR) is 58.5 cm³/mol. The Morgan fingerprint density at radius 1 is 1.20 bits per heavy atom. The van der Waals surface area contributed by atoms with E-state index < -0.39 is 5.97 Å². The van der Waals surface area contributed by atoms with Gasteiger partial charge in [0.2, 0.25) is 5.91 Å². The number of aliphatic carboxylic acids is 1. The van der Waals surface area contributed by atoms with Gasteiger partial charge in [0.25, 0.3) is 0 Å². The molecule has 0 fully saturated rings. The van der Waals surface area contributed by atoms with E-state index in [9.17, 15) is 9.59 Å². The minimum absolute atomic E-state index is 0.0133. The van der Waals surface area contributed by atoms with Crippen molar-refractivity contribution in [2.75, 3.05) is 6.54 Å². The number of carboxylic acids is 1. The number of hydrogen-bond donors (Lipinski definition) is 2.